The minimum absolute atomic E-state index is 0.129. The third-order valence-electron chi connectivity index (χ3n) is 3.19. The van der Waals surface area contributed by atoms with Gasteiger partial charge in [0.1, 0.15) is 10.7 Å². The molecule has 1 atom stereocenters. The SMILES string of the molecule is CN1CCN(S(=O)(=O)c2cncc(F)c2)C(CN)C1. The molecule has 0 spiro atoms. The molecule has 8 heteroatoms. The quantitative estimate of drug-likeness (QED) is 0.810. The fourth-order valence-corrected chi connectivity index (χ4v) is 3.76. The highest BCUT2D eigenvalue weighted by atomic mass is 32.2. The van der Waals surface area contributed by atoms with E-state index in [2.05, 4.69) is 4.98 Å². The van der Waals surface area contributed by atoms with Gasteiger partial charge in [-0.05, 0) is 13.1 Å². The summed E-state index contributed by atoms with van der Waals surface area (Å²) in [6.45, 7) is 1.76. The van der Waals surface area contributed by atoms with Crippen LogP contribution in [0.4, 0.5) is 4.39 Å². The topological polar surface area (TPSA) is 79.5 Å². The van der Waals surface area contributed by atoms with Gasteiger partial charge in [0.2, 0.25) is 10.0 Å². The molecule has 1 fully saturated rings. The summed E-state index contributed by atoms with van der Waals surface area (Å²) in [5, 5.41) is 0. The van der Waals surface area contributed by atoms with E-state index >= 15 is 0 Å². The van der Waals surface area contributed by atoms with Crippen LogP contribution in [0.2, 0.25) is 0 Å². The van der Waals surface area contributed by atoms with E-state index in [0.717, 1.165) is 18.5 Å². The van der Waals surface area contributed by atoms with Crippen LogP contribution in [-0.2, 0) is 10.0 Å². The van der Waals surface area contributed by atoms with Crippen molar-refractivity contribution in [2.75, 3.05) is 33.2 Å². The van der Waals surface area contributed by atoms with Crippen molar-refractivity contribution in [1.82, 2.24) is 14.2 Å². The molecule has 0 amide bonds. The van der Waals surface area contributed by atoms with Crippen molar-refractivity contribution in [3.63, 3.8) is 0 Å². The zero-order valence-corrected chi connectivity index (χ0v) is 11.5. The van der Waals surface area contributed by atoms with Crippen LogP contribution in [0.1, 0.15) is 0 Å². The van der Waals surface area contributed by atoms with Crippen molar-refractivity contribution in [2.24, 2.45) is 5.73 Å². The molecule has 0 aliphatic carbocycles. The van der Waals surface area contributed by atoms with E-state index in [0.29, 0.717) is 19.6 Å². The first-order valence-corrected chi connectivity index (χ1v) is 7.40. The van der Waals surface area contributed by atoms with Gasteiger partial charge in [-0.2, -0.15) is 4.31 Å². The Kier molecular flexibility index (Phi) is 4.14. The summed E-state index contributed by atoms with van der Waals surface area (Å²) in [4.78, 5) is 5.48. The highest BCUT2D eigenvalue weighted by molar-refractivity contribution is 7.89. The van der Waals surface area contributed by atoms with Gasteiger partial charge in [0.25, 0.3) is 0 Å². The number of pyridine rings is 1. The van der Waals surface area contributed by atoms with E-state index in [9.17, 15) is 12.8 Å². The average Bonchev–Trinajstić information content (AvgIpc) is 2.38. The van der Waals surface area contributed by atoms with Crippen LogP contribution in [0.15, 0.2) is 23.4 Å². The van der Waals surface area contributed by atoms with Gasteiger partial charge in [-0.25, -0.2) is 12.8 Å². The molecule has 0 radical (unpaired) electrons. The van der Waals surface area contributed by atoms with E-state index in [1.54, 1.807) is 0 Å². The van der Waals surface area contributed by atoms with Gasteiger partial charge in [0.05, 0.1) is 12.2 Å². The lowest BCUT2D eigenvalue weighted by Gasteiger charge is -2.38. The first-order valence-electron chi connectivity index (χ1n) is 5.96. The second-order valence-corrected chi connectivity index (χ2v) is 6.50. The molecule has 106 valence electrons. The molecule has 2 rings (SSSR count). The second-order valence-electron chi connectivity index (χ2n) is 4.61. The summed E-state index contributed by atoms with van der Waals surface area (Å²) < 4.78 is 39.4. The number of hydrogen-bond donors (Lipinski definition) is 1. The van der Waals surface area contributed by atoms with E-state index in [-0.39, 0.29) is 17.5 Å². The van der Waals surface area contributed by atoms with E-state index < -0.39 is 15.8 Å². The molecule has 1 aliphatic heterocycles. The van der Waals surface area contributed by atoms with E-state index in [4.69, 9.17) is 5.73 Å². The summed E-state index contributed by atoms with van der Waals surface area (Å²) >= 11 is 0. The Morgan fingerprint density at radius 3 is 2.84 bits per heavy atom. The van der Waals surface area contributed by atoms with Crippen LogP contribution in [-0.4, -0.2) is 61.9 Å². The lowest BCUT2D eigenvalue weighted by atomic mass is 10.2. The average molecular weight is 288 g/mol. The van der Waals surface area contributed by atoms with Gasteiger partial charge in [-0.3, -0.25) is 4.98 Å². The molecule has 0 aromatic carbocycles. The van der Waals surface area contributed by atoms with Crippen molar-refractivity contribution >= 4 is 10.0 Å². The van der Waals surface area contributed by atoms with Crippen molar-refractivity contribution in [2.45, 2.75) is 10.9 Å². The first kappa shape index (κ1) is 14.3. The Hall–Kier alpha value is -1.09. The molecule has 1 aliphatic rings. The van der Waals surface area contributed by atoms with Crippen LogP contribution < -0.4 is 5.73 Å². The monoisotopic (exact) mass is 288 g/mol. The molecule has 19 heavy (non-hydrogen) atoms. The number of nitrogens with two attached hydrogens (primary N) is 1. The lowest BCUT2D eigenvalue weighted by molar-refractivity contribution is 0.164. The maximum absolute atomic E-state index is 13.1. The maximum Gasteiger partial charge on any atom is 0.245 e. The van der Waals surface area contributed by atoms with Gasteiger partial charge >= 0.3 is 0 Å². The predicted octanol–water partition coefficient (Wildman–Crippen LogP) is -0.516. The first-order chi connectivity index (χ1) is 8.95. The summed E-state index contributed by atoms with van der Waals surface area (Å²) in [6, 6.07) is 0.681. The molecular weight excluding hydrogens is 271 g/mol. The van der Waals surface area contributed by atoms with E-state index in [1.807, 2.05) is 11.9 Å². The fourth-order valence-electron chi connectivity index (χ4n) is 2.17. The minimum atomic E-state index is -3.75. The summed E-state index contributed by atoms with van der Waals surface area (Å²) in [6.07, 6.45) is 2.13. The number of nitrogens with zero attached hydrogens (tertiary/aromatic N) is 3. The van der Waals surface area contributed by atoms with Crippen LogP contribution >= 0.6 is 0 Å². The molecule has 6 nitrogen and oxygen atoms in total. The van der Waals surface area contributed by atoms with E-state index in [1.165, 1.54) is 4.31 Å². The highest BCUT2D eigenvalue weighted by Crippen LogP contribution is 2.20. The van der Waals surface area contributed by atoms with Crippen molar-refractivity contribution in [3.8, 4) is 0 Å². The number of halogens is 1. The number of hydrogen-bond acceptors (Lipinski definition) is 5. The fraction of sp³-hybridized carbons (Fsp3) is 0.545. The molecule has 2 heterocycles. The molecular formula is C11H17FN4O2S. The molecule has 1 aromatic heterocycles. The Balaban J connectivity index is 2.33. The zero-order chi connectivity index (χ0) is 14.0. The summed E-state index contributed by atoms with van der Waals surface area (Å²) in [5.74, 6) is -0.667. The molecule has 0 bridgehead atoms. The van der Waals surface area contributed by atoms with Crippen molar-refractivity contribution in [1.29, 1.82) is 0 Å². The van der Waals surface area contributed by atoms with Gasteiger partial charge < -0.3 is 10.6 Å². The van der Waals surface area contributed by atoms with Crippen molar-refractivity contribution < 1.29 is 12.8 Å². The molecule has 0 saturated carbocycles. The Bertz CT molecular complexity index is 551. The molecule has 1 aromatic rings. The molecule has 2 N–H and O–H groups in total. The molecule has 1 unspecified atom stereocenters. The van der Waals surface area contributed by atoms with Gasteiger partial charge in [0, 0.05) is 32.4 Å². The smallest absolute Gasteiger partial charge is 0.245 e. The van der Waals surface area contributed by atoms with Crippen LogP contribution in [0, 0.1) is 5.82 Å². The number of piperazine rings is 1. The highest BCUT2D eigenvalue weighted by Gasteiger charge is 2.34. The summed E-state index contributed by atoms with van der Waals surface area (Å²) in [5.41, 5.74) is 5.64. The number of likely N-dealkylation sites (N-methyl/N-ethyl adjacent to an activating group) is 1. The molecule has 1 saturated heterocycles. The van der Waals surface area contributed by atoms with Gasteiger partial charge in [-0.1, -0.05) is 0 Å². The Morgan fingerprint density at radius 2 is 2.21 bits per heavy atom. The Morgan fingerprint density at radius 1 is 1.47 bits per heavy atom. The van der Waals surface area contributed by atoms with Crippen LogP contribution in [0.5, 0.6) is 0 Å². The minimum Gasteiger partial charge on any atom is -0.329 e. The maximum atomic E-state index is 13.1. The number of rotatable bonds is 3. The Labute approximate surface area is 112 Å². The number of aromatic nitrogens is 1. The van der Waals surface area contributed by atoms with Crippen LogP contribution in [0.3, 0.4) is 0 Å². The number of sulfonamides is 1. The third-order valence-corrected chi connectivity index (χ3v) is 5.11. The zero-order valence-electron chi connectivity index (χ0n) is 10.7. The predicted molar refractivity (Wildman–Crippen MR) is 68.4 cm³/mol. The third kappa shape index (κ3) is 2.92. The normalized spacial score (nSPS) is 22.6. The largest absolute Gasteiger partial charge is 0.329 e. The second kappa shape index (κ2) is 5.49. The standard InChI is InChI=1S/C11H17FN4O2S/c1-15-2-3-16(10(5-13)8-15)19(17,18)11-4-9(12)6-14-7-11/h4,6-7,10H,2-3,5,8,13H2,1H3. The van der Waals surface area contributed by atoms with Gasteiger partial charge in [0.15, 0.2) is 0 Å². The lowest BCUT2D eigenvalue weighted by Crippen LogP contribution is -2.56. The van der Waals surface area contributed by atoms with Gasteiger partial charge in [-0.15, -0.1) is 0 Å². The van der Waals surface area contributed by atoms with Crippen LogP contribution in [0.25, 0.3) is 0 Å². The van der Waals surface area contributed by atoms with Crippen molar-refractivity contribution in [3.05, 3.63) is 24.3 Å². The summed E-state index contributed by atoms with van der Waals surface area (Å²) in [7, 11) is -1.83.